The minimum absolute atomic E-state index is 0.132. The third-order valence-electron chi connectivity index (χ3n) is 13.5. The van der Waals surface area contributed by atoms with Crippen LogP contribution in [0.5, 0.6) is 0 Å². The SMILES string of the molecule is CCCCCCCCCCCCCCCCCCCCCCCCCCCCCC(=O)NC(COC1OC(CO)C(O)C(O)C1O)C(O)CCCCCCCCCCCCCC. The van der Waals surface area contributed by atoms with Crippen LogP contribution in [-0.2, 0) is 14.3 Å². The molecule has 0 bridgehead atoms. The Morgan fingerprint density at radius 2 is 0.806 bits per heavy atom. The van der Waals surface area contributed by atoms with E-state index in [4.69, 9.17) is 9.47 Å². The van der Waals surface area contributed by atoms with Crippen molar-refractivity contribution in [2.24, 2.45) is 0 Å². The molecule has 9 heteroatoms. The van der Waals surface area contributed by atoms with Crippen LogP contribution in [0.4, 0.5) is 0 Å². The maximum atomic E-state index is 13.0. The molecule has 1 aliphatic rings. The first kappa shape index (κ1) is 59.2. The molecule has 0 aliphatic carbocycles. The first-order chi connectivity index (χ1) is 30.3. The predicted molar refractivity (Wildman–Crippen MR) is 258 cm³/mol. The Labute approximate surface area is 383 Å². The molecule has 1 rings (SSSR count). The van der Waals surface area contributed by atoms with Gasteiger partial charge in [0.2, 0.25) is 5.91 Å². The van der Waals surface area contributed by atoms with Gasteiger partial charge in [-0.3, -0.25) is 4.79 Å². The number of rotatable bonds is 47. The molecule has 1 fully saturated rings. The Morgan fingerprint density at radius 3 is 1.15 bits per heavy atom. The number of aliphatic hydroxyl groups excluding tert-OH is 5. The molecule has 1 saturated heterocycles. The van der Waals surface area contributed by atoms with Gasteiger partial charge in [-0.2, -0.15) is 0 Å². The summed E-state index contributed by atoms with van der Waals surface area (Å²) in [7, 11) is 0. The third kappa shape index (κ3) is 33.6. The van der Waals surface area contributed by atoms with Gasteiger partial charge >= 0.3 is 0 Å². The highest BCUT2D eigenvalue weighted by Gasteiger charge is 2.44. The van der Waals surface area contributed by atoms with Gasteiger partial charge in [0.15, 0.2) is 6.29 Å². The number of hydrogen-bond acceptors (Lipinski definition) is 8. The van der Waals surface area contributed by atoms with Crippen LogP contribution in [0.15, 0.2) is 0 Å². The van der Waals surface area contributed by atoms with E-state index in [0.717, 1.165) is 38.5 Å². The lowest BCUT2D eigenvalue weighted by Gasteiger charge is -2.40. The Bertz CT molecular complexity index is 939. The number of carbonyl (C=O) groups is 1. The second kappa shape index (κ2) is 44.0. The third-order valence-corrected chi connectivity index (χ3v) is 13.5. The number of carbonyl (C=O) groups excluding carboxylic acids is 1. The van der Waals surface area contributed by atoms with Gasteiger partial charge < -0.3 is 40.3 Å². The van der Waals surface area contributed by atoms with E-state index in [1.54, 1.807) is 0 Å². The standard InChI is InChI=1S/C53H105NO8/c1-3-5-7-9-11-13-15-17-18-19-20-21-22-23-24-25-26-27-28-29-30-31-33-35-37-39-41-43-49(57)54-46(45-61-53-52(60)51(59)50(58)48(44-55)62-53)47(56)42-40-38-36-34-32-16-14-12-10-8-6-4-2/h46-48,50-53,55-56,58-60H,3-45H2,1-2H3,(H,54,57). The van der Waals surface area contributed by atoms with Gasteiger partial charge in [0, 0.05) is 6.42 Å². The molecule has 0 spiro atoms. The van der Waals surface area contributed by atoms with Crippen LogP contribution < -0.4 is 5.32 Å². The minimum atomic E-state index is -1.55. The highest BCUT2D eigenvalue weighted by atomic mass is 16.7. The number of ether oxygens (including phenoxy) is 2. The molecule has 62 heavy (non-hydrogen) atoms. The summed E-state index contributed by atoms with van der Waals surface area (Å²) >= 11 is 0. The van der Waals surface area contributed by atoms with Crippen LogP contribution in [0.3, 0.4) is 0 Å². The second-order valence-corrected chi connectivity index (χ2v) is 19.4. The largest absolute Gasteiger partial charge is 0.394 e. The van der Waals surface area contributed by atoms with Gasteiger partial charge in [-0.1, -0.05) is 258 Å². The van der Waals surface area contributed by atoms with Crippen molar-refractivity contribution in [2.75, 3.05) is 13.2 Å². The zero-order valence-corrected chi connectivity index (χ0v) is 40.9. The van der Waals surface area contributed by atoms with E-state index in [1.165, 1.54) is 212 Å². The molecule has 7 unspecified atom stereocenters. The van der Waals surface area contributed by atoms with Crippen LogP contribution in [0.2, 0.25) is 0 Å². The molecule has 9 nitrogen and oxygen atoms in total. The van der Waals surface area contributed by atoms with E-state index in [-0.39, 0.29) is 12.5 Å². The fourth-order valence-electron chi connectivity index (χ4n) is 9.11. The van der Waals surface area contributed by atoms with E-state index < -0.39 is 49.5 Å². The summed E-state index contributed by atoms with van der Waals surface area (Å²) in [5, 5.41) is 54.5. The van der Waals surface area contributed by atoms with Crippen molar-refractivity contribution < 1.29 is 39.8 Å². The van der Waals surface area contributed by atoms with E-state index in [0.29, 0.717) is 12.8 Å². The smallest absolute Gasteiger partial charge is 0.220 e. The molecule has 6 N–H and O–H groups in total. The molecule has 1 aliphatic heterocycles. The van der Waals surface area contributed by atoms with E-state index in [1.807, 2.05) is 0 Å². The van der Waals surface area contributed by atoms with Crippen molar-refractivity contribution in [3.8, 4) is 0 Å². The van der Waals surface area contributed by atoms with Crippen molar-refractivity contribution in [2.45, 2.75) is 320 Å². The van der Waals surface area contributed by atoms with Gasteiger partial charge in [0.05, 0.1) is 25.4 Å². The van der Waals surface area contributed by atoms with Crippen LogP contribution in [0, 0.1) is 0 Å². The van der Waals surface area contributed by atoms with Gasteiger partial charge in [-0.05, 0) is 12.8 Å². The summed E-state index contributed by atoms with van der Waals surface area (Å²) < 4.78 is 11.3. The molecular formula is C53H105NO8. The fourth-order valence-corrected chi connectivity index (χ4v) is 9.11. The number of hydrogen-bond donors (Lipinski definition) is 6. The molecular weight excluding hydrogens is 779 g/mol. The maximum Gasteiger partial charge on any atom is 0.220 e. The molecule has 1 heterocycles. The van der Waals surface area contributed by atoms with Crippen molar-refractivity contribution in [3.63, 3.8) is 0 Å². The lowest BCUT2D eigenvalue weighted by Crippen LogP contribution is -2.60. The first-order valence-electron chi connectivity index (χ1n) is 27.2. The number of aliphatic hydroxyl groups is 5. The summed E-state index contributed by atoms with van der Waals surface area (Å²) in [5.74, 6) is -0.138. The zero-order valence-electron chi connectivity index (χ0n) is 40.9. The van der Waals surface area contributed by atoms with Crippen LogP contribution >= 0.6 is 0 Å². The molecule has 0 saturated carbocycles. The topological polar surface area (TPSA) is 149 Å². The van der Waals surface area contributed by atoms with Crippen molar-refractivity contribution in [3.05, 3.63) is 0 Å². The van der Waals surface area contributed by atoms with Gasteiger partial charge in [0.1, 0.15) is 24.4 Å². The lowest BCUT2D eigenvalue weighted by atomic mass is 9.99. The zero-order chi connectivity index (χ0) is 45.1. The van der Waals surface area contributed by atoms with Gasteiger partial charge in [0.25, 0.3) is 0 Å². The Kier molecular flexibility index (Phi) is 42.1. The highest BCUT2D eigenvalue weighted by molar-refractivity contribution is 5.76. The summed E-state index contributed by atoms with van der Waals surface area (Å²) in [6.45, 7) is 3.86. The van der Waals surface area contributed by atoms with Crippen LogP contribution in [0.1, 0.15) is 277 Å². The molecule has 370 valence electrons. The van der Waals surface area contributed by atoms with Crippen molar-refractivity contribution in [1.82, 2.24) is 5.32 Å². The van der Waals surface area contributed by atoms with Crippen molar-refractivity contribution >= 4 is 5.91 Å². The summed E-state index contributed by atoms with van der Waals surface area (Å²) in [5.41, 5.74) is 0. The number of amides is 1. The van der Waals surface area contributed by atoms with E-state index in [9.17, 15) is 30.3 Å². The lowest BCUT2D eigenvalue weighted by molar-refractivity contribution is -0.302. The monoisotopic (exact) mass is 884 g/mol. The number of nitrogens with one attached hydrogen (secondary N) is 1. The Morgan fingerprint density at radius 1 is 0.484 bits per heavy atom. The average molecular weight is 884 g/mol. The first-order valence-corrected chi connectivity index (χ1v) is 27.2. The molecule has 7 atom stereocenters. The van der Waals surface area contributed by atoms with E-state index >= 15 is 0 Å². The Balaban J connectivity index is 2.14. The second-order valence-electron chi connectivity index (χ2n) is 19.4. The van der Waals surface area contributed by atoms with Gasteiger partial charge in [-0.25, -0.2) is 0 Å². The highest BCUT2D eigenvalue weighted by Crippen LogP contribution is 2.23. The normalized spacial score (nSPS) is 20.1. The summed E-state index contributed by atoms with van der Waals surface area (Å²) in [4.78, 5) is 13.0. The van der Waals surface area contributed by atoms with Crippen LogP contribution in [0.25, 0.3) is 0 Å². The molecule has 0 radical (unpaired) electrons. The minimum Gasteiger partial charge on any atom is -0.394 e. The molecule has 0 aromatic heterocycles. The summed E-state index contributed by atoms with van der Waals surface area (Å²) in [6.07, 6.45) is 44.2. The van der Waals surface area contributed by atoms with E-state index in [2.05, 4.69) is 19.2 Å². The number of unbranched alkanes of at least 4 members (excludes halogenated alkanes) is 37. The predicted octanol–water partition coefficient (Wildman–Crippen LogP) is 12.7. The van der Waals surface area contributed by atoms with Gasteiger partial charge in [-0.15, -0.1) is 0 Å². The quantitative estimate of drug-likeness (QED) is 0.0331. The van der Waals surface area contributed by atoms with Crippen molar-refractivity contribution in [1.29, 1.82) is 0 Å². The Hall–Kier alpha value is -0.810. The molecule has 0 aromatic rings. The fraction of sp³-hybridized carbons (Fsp3) is 0.981. The molecule has 0 aromatic carbocycles. The van der Waals surface area contributed by atoms with Crippen LogP contribution in [-0.4, -0.2) is 87.5 Å². The maximum absolute atomic E-state index is 13.0. The average Bonchev–Trinajstić information content (AvgIpc) is 3.27. The summed E-state index contributed by atoms with van der Waals surface area (Å²) in [6, 6.07) is -0.712. The molecule has 1 amide bonds.